The molecule has 1 aliphatic carbocycles. The largest absolute Gasteiger partial charge is 0.396 e. The van der Waals surface area contributed by atoms with Gasteiger partial charge in [0.1, 0.15) is 11.6 Å². The van der Waals surface area contributed by atoms with Gasteiger partial charge in [-0.15, -0.1) is 10.2 Å². The van der Waals surface area contributed by atoms with Crippen molar-refractivity contribution in [3.05, 3.63) is 11.6 Å². The van der Waals surface area contributed by atoms with Gasteiger partial charge in [-0.05, 0) is 45.1 Å². The highest BCUT2D eigenvalue weighted by Gasteiger charge is 2.29. The second kappa shape index (κ2) is 4.97. The molecule has 3 rings (SSSR count). The number of nitrogens with zero attached hydrogens (tertiary/aromatic N) is 4. The fourth-order valence-electron chi connectivity index (χ4n) is 2.97. The Morgan fingerprint density at radius 2 is 2.11 bits per heavy atom. The van der Waals surface area contributed by atoms with E-state index in [-0.39, 0.29) is 0 Å². The number of hydrogen-bond acceptors (Lipinski definition) is 4. The SMILES string of the molecule is Cc1nnc(CN2CCCC(CO)C2)n1C1CC1. The van der Waals surface area contributed by atoms with E-state index in [1.165, 1.54) is 19.3 Å². The molecule has 0 spiro atoms. The van der Waals surface area contributed by atoms with E-state index in [4.69, 9.17) is 0 Å². The van der Waals surface area contributed by atoms with Crippen LogP contribution in [0, 0.1) is 12.8 Å². The van der Waals surface area contributed by atoms with E-state index in [1.54, 1.807) is 0 Å². The third-order valence-corrected chi connectivity index (χ3v) is 4.08. The predicted molar refractivity (Wildman–Crippen MR) is 68.1 cm³/mol. The molecule has 0 aromatic carbocycles. The highest BCUT2D eigenvalue weighted by Crippen LogP contribution is 2.36. The van der Waals surface area contributed by atoms with Crippen LogP contribution in [0.4, 0.5) is 0 Å². The first-order valence-electron chi connectivity index (χ1n) is 7.01. The highest BCUT2D eigenvalue weighted by atomic mass is 16.3. The van der Waals surface area contributed by atoms with Crippen LogP contribution in [0.25, 0.3) is 0 Å². The minimum absolute atomic E-state index is 0.310. The van der Waals surface area contributed by atoms with Gasteiger partial charge in [0.05, 0.1) is 6.54 Å². The summed E-state index contributed by atoms with van der Waals surface area (Å²) in [6.45, 7) is 5.35. The van der Waals surface area contributed by atoms with Crippen molar-refractivity contribution in [2.45, 2.75) is 45.2 Å². The van der Waals surface area contributed by atoms with Gasteiger partial charge in [0.2, 0.25) is 0 Å². The minimum Gasteiger partial charge on any atom is -0.396 e. The molecule has 2 fully saturated rings. The Morgan fingerprint density at radius 1 is 1.28 bits per heavy atom. The second-order valence-electron chi connectivity index (χ2n) is 5.69. The normalized spacial score (nSPS) is 25.6. The van der Waals surface area contributed by atoms with Crippen LogP contribution in [0.3, 0.4) is 0 Å². The molecule has 1 atom stereocenters. The van der Waals surface area contributed by atoms with Crippen LogP contribution in [-0.2, 0) is 6.54 Å². The van der Waals surface area contributed by atoms with Gasteiger partial charge in [0, 0.05) is 19.2 Å². The summed E-state index contributed by atoms with van der Waals surface area (Å²) in [6.07, 6.45) is 4.87. The van der Waals surface area contributed by atoms with Crippen molar-refractivity contribution in [2.24, 2.45) is 5.92 Å². The molecule has 1 aromatic rings. The Kier molecular flexibility index (Phi) is 3.35. The molecule has 1 N–H and O–H groups in total. The topological polar surface area (TPSA) is 54.2 Å². The summed E-state index contributed by atoms with van der Waals surface area (Å²) >= 11 is 0. The van der Waals surface area contributed by atoms with Crippen LogP contribution < -0.4 is 0 Å². The number of rotatable bonds is 4. The van der Waals surface area contributed by atoms with Crippen molar-refractivity contribution in [2.75, 3.05) is 19.7 Å². The average molecular weight is 250 g/mol. The molecule has 0 amide bonds. The van der Waals surface area contributed by atoms with Crippen molar-refractivity contribution >= 4 is 0 Å². The lowest BCUT2D eigenvalue weighted by molar-refractivity contribution is 0.113. The maximum absolute atomic E-state index is 9.27. The number of hydrogen-bond donors (Lipinski definition) is 1. The van der Waals surface area contributed by atoms with Gasteiger partial charge in [-0.2, -0.15) is 0 Å². The van der Waals surface area contributed by atoms with Crippen molar-refractivity contribution in [3.63, 3.8) is 0 Å². The molecule has 5 heteroatoms. The number of aryl methyl sites for hydroxylation is 1. The van der Waals surface area contributed by atoms with E-state index in [9.17, 15) is 5.11 Å². The van der Waals surface area contributed by atoms with Crippen molar-refractivity contribution in [1.82, 2.24) is 19.7 Å². The zero-order chi connectivity index (χ0) is 12.5. The summed E-state index contributed by atoms with van der Waals surface area (Å²) in [5, 5.41) is 17.8. The molecule has 18 heavy (non-hydrogen) atoms. The standard InChI is InChI=1S/C13H22N4O/c1-10-14-15-13(17(10)12-4-5-12)8-16-6-2-3-11(7-16)9-18/h11-12,18H,2-9H2,1H3. The number of likely N-dealkylation sites (tertiary alicyclic amines) is 1. The van der Waals surface area contributed by atoms with E-state index < -0.39 is 0 Å². The fraction of sp³-hybridized carbons (Fsp3) is 0.846. The van der Waals surface area contributed by atoms with Gasteiger partial charge in [0.25, 0.3) is 0 Å². The summed E-state index contributed by atoms with van der Waals surface area (Å²) in [6, 6.07) is 0.647. The van der Waals surface area contributed by atoms with E-state index in [0.29, 0.717) is 18.6 Å². The zero-order valence-electron chi connectivity index (χ0n) is 11.0. The zero-order valence-corrected chi connectivity index (χ0v) is 11.0. The lowest BCUT2D eigenvalue weighted by Crippen LogP contribution is -2.37. The van der Waals surface area contributed by atoms with E-state index in [1.807, 2.05) is 6.92 Å². The monoisotopic (exact) mass is 250 g/mol. The summed E-state index contributed by atoms with van der Waals surface area (Å²) in [5.74, 6) is 2.59. The highest BCUT2D eigenvalue weighted by molar-refractivity contribution is 5.01. The van der Waals surface area contributed by atoms with Crippen LogP contribution in [0.2, 0.25) is 0 Å². The molecule has 0 bridgehead atoms. The van der Waals surface area contributed by atoms with Crippen molar-refractivity contribution in [1.29, 1.82) is 0 Å². The lowest BCUT2D eigenvalue weighted by Gasteiger charge is -2.31. The molecule has 1 aromatic heterocycles. The molecular weight excluding hydrogens is 228 g/mol. The Labute approximate surface area is 108 Å². The summed E-state index contributed by atoms with van der Waals surface area (Å²) < 4.78 is 2.31. The Hall–Kier alpha value is -0.940. The van der Waals surface area contributed by atoms with E-state index in [0.717, 1.165) is 37.7 Å². The third kappa shape index (κ3) is 2.42. The van der Waals surface area contributed by atoms with Gasteiger partial charge in [-0.1, -0.05) is 0 Å². The van der Waals surface area contributed by atoms with Gasteiger partial charge < -0.3 is 9.67 Å². The Morgan fingerprint density at radius 3 is 2.83 bits per heavy atom. The molecule has 5 nitrogen and oxygen atoms in total. The maximum atomic E-state index is 9.27. The maximum Gasteiger partial charge on any atom is 0.147 e. The number of aliphatic hydroxyl groups excluding tert-OH is 1. The Bertz CT molecular complexity index is 413. The number of aromatic nitrogens is 3. The van der Waals surface area contributed by atoms with Crippen molar-refractivity contribution < 1.29 is 5.11 Å². The van der Waals surface area contributed by atoms with Crippen LogP contribution >= 0.6 is 0 Å². The first-order valence-corrected chi connectivity index (χ1v) is 7.01. The predicted octanol–water partition coefficient (Wildman–Crippen LogP) is 1.13. The molecule has 1 aliphatic heterocycles. The quantitative estimate of drug-likeness (QED) is 0.870. The molecular formula is C13H22N4O. The summed E-state index contributed by atoms with van der Waals surface area (Å²) in [5.41, 5.74) is 0. The molecule has 2 aliphatic rings. The molecule has 1 saturated carbocycles. The summed E-state index contributed by atoms with van der Waals surface area (Å²) in [4.78, 5) is 2.41. The van der Waals surface area contributed by atoms with Crippen molar-refractivity contribution in [3.8, 4) is 0 Å². The average Bonchev–Trinajstić information content (AvgIpc) is 3.15. The van der Waals surface area contributed by atoms with Crippen LogP contribution in [-0.4, -0.2) is 44.5 Å². The first-order chi connectivity index (χ1) is 8.78. The van der Waals surface area contributed by atoms with E-state index in [2.05, 4.69) is 19.7 Å². The smallest absolute Gasteiger partial charge is 0.147 e. The molecule has 1 saturated heterocycles. The van der Waals surface area contributed by atoms with Gasteiger partial charge in [-0.25, -0.2) is 0 Å². The number of aliphatic hydroxyl groups is 1. The molecule has 0 radical (unpaired) electrons. The lowest BCUT2D eigenvalue weighted by atomic mass is 9.99. The minimum atomic E-state index is 0.310. The van der Waals surface area contributed by atoms with Gasteiger partial charge in [-0.3, -0.25) is 4.90 Å². The van der Waals surface area contributed by atoms with E-state index >= 15 is 0 Å². The molecule has 1 unspecified atom stereocenters. The third-order valence-electron chi connectivity index (χ3n) is 4.08. The van der Waals surface area contributed by atoms with Gasteiger partial charge in [0.15, 0.2) is 0 Å². The molecule has 100 valence electrons. The van der Waals surface area contributed by atoms with Gasteiger partial charge >= 0.3 is 0 Å². The summed E-state index contributed by atoms with van der Waals surface area (Å²) in [7, 11) is 0. The fourth-order valence-corrected chi connectivity index (χ4v) is 2.97. The first kappa shape index (κ1) is 12.1. The Balaban J connectivity index is 1.68. The molecule has 2 heterocycles. The second-order valence-corrected chi connectivity index (χ2v) is 5.69. The van der Waals surface area contributed by atoms with Crippen LogP contribution in [0.5, 0.6) is 0 Å². The van der Waals surface area contributed by atoms with Crippen LogP contribution in [0.15, 0.2) is 0 Å². The number of piperidine rings is 1. The van der Waals surface area contributed by atoms with Crippen LogP contribution in [0.1, 0.15) is 43.4 Å².